The first-order valence-electron chi connectivity index (χ1n) is 7.17. The molecule has 6 heteroatoms. The summed E-state index contributed by atoms with van der Waals surface area (Å²) in [6.45, 7) is -0.256. The molecule has 0 aliphatic rings. The number of benzene rings is 2. The Morgan fingerprint density at radius 2 is 1.83 bits per heavy atom. The molecule has 0 aliphatic carbocycles. The van der Waals surface area contributed by atoms with Crippen LogP contribution in [-0.4, -0.2) is 24.1 Å². The lowest BCUT2D eigenvalue weighted by atomic mass is 10.1. The van der Waals surface area contributed by atoms with Crippen LogP contribution in [0.15, 0.2) is 59.5 Å². The predicted molar refractivity (Wildman–Crippen MR) is 99.3 cm³/mol. The molecule has 0 radical (unpaired) electrons. The van der Waals surface area contributed by atoms with Crippen LogP contribution >= 0.6 is 34.7 Å². The molecule has 0 saturated heterocycles. The molecule has 0 N–H and O–H groups in total. The van der Waals surface area contributed by atoms with E-state index in [1.807, 2.05) is 42.5 Å². The van der Waals surface area contributed by atoms with E-state index in [1.54, 1.807) is 12.1 Å². The summed E-state index contributed by atoms with van der Waals surface area (Å²) in [6.07, 6.45) is 0. The number of thioether (sulfide) groups is 1. The van der Waals surface area contributed by atoms with Crippen molar-refractivity contribution in [1.82, 2.24) is 0 Å². The Kier molecular flexibility index (Phi) is 5.56. The third-order valence-corrected chi connectivity index (χ3v) is 5.53. The molecule has 2 aromatic carbocycles. The van der Waals surface area contributed by atoms with Crippen molar-refractivity contribution in [2.75, 3.05) is 12.4 Å². The van der Waals surface area contributed by atoms with Gasteiger partial charge in [0.1, 0.15) is 0 Å². The number of fused-ring (bicyclic) bond motifs is 1. The number of halogens is 1. The molecule has 0 saturated carbocycles. The van der Waals surface area contributed by atoms with Crippen molar-refractivity contribution in [3.05, 3.63) is 63.8 Å². The molecule has 0 spiro atoms. The van der Waals surface area contributed by atoms with E-state index < -0.39 is 5.97 Å². The Hall–Kier alpha value is -1.82. The first-order valence-corrected chi connectivity index (χ1v) is 9.35. The van der Waals surface area contributed by atoms with E-state index in [0.717, 1.165) is 15.7 Å². The maximum Gasteiger partial charge on any atom is 0.316 e. The molecule has 3 nitrogen and oxygen atoms in total. The van der Waals surface area contributed by atoms with Crippen LogP contribution in [0.5, 0.6) is 0 Å². The van der Waals surface area contributed by atoms with Crippen LogP contribution in [0.4, 0.5) is 0 Å². The highest BCUT2D eigenvalue weighted by atomic mass is 35.5. The monoisotopic (exact) mass is 376 g/mol. The van der Waals surface area contributed by atoms with Crippen LogP contribution in [0.2, 0.25) is 4.34 Å². The molecule has 24 heavy (non-hydrogen) atoms. The molecule has 0 atom stereocenters. The summed E-state index contributed by atoms with van der Waals surface area (Å²) in [7, 11) is 0. The van der Waals surface area contributed by atoms with Gasteiger partial charge in [-0.1, -0.05) is 41.9 Å². The third kappa shape index (κ3) is 4.38. The number of carbonyl (C=O) groups is 2. The minimum atomic E-state index is -0.413. The van der Waals surface area contributed by atoms with Gasteiger partial charge in [0.15, 0.2) is 6.61 Å². The third-order valence-electron chi connectivity index (χ3n) is 3.29. The molecule has 0 aliphatic heterocycles. The van der Waals surface area contributed by atoms with Crippen LogP contribution in [-0.2, 0) is 9.53 Å². The highest BCUT2D eigenvalue weighted by Crippen LogP contribution is 2.24. The summed E-state index contributed by atoms with van der Waals surface area (Å²) in [4.78, 5) is 25.1. The zero-order chi connectivity index (χ0) is 16.9. The summed E-state index contributed by atoms with van der Waals surface area (Å²) in [5, 5.41) is 2.28. The zero-order valence-corrected chi connectivity index (χ0v) is 14.9. The fourth-order valence-corrected chi connectivity index (χ4v) is 3.83. The van der Waals surface area contributed by atoms with Gasteiger partial charge in [0, 0.05) is 4.90 Å². The zero-order valence-electron chi connectivity index (χ0n) is 12.5. The van der Waals surface area contributed by atoms with E-state index in [0.29, 0.717) is 9.21 Å². The summed E-state index contributed by atoms with van der Waals surface area (Å²) in [5.41, 5.74) is 0. The maximum absolute atomic E-state index is 11.9. The lowest BCUT2D eigenvalue weighted by Crippen LogP contribution is -2.14. The van der Waals surface area contributed by atoms with E-state index in [1.165, 1.54) is 23.1 Å². The van der Waals surface area contributed by atoms with Gasteiger partial charge in [0.05, 0.1) is 15.0 Å². The Morgan fingerprint density at radius 3 is 2.58 bits per heavy atom. The van der Waals surface area contributed by atoms with Crippen molar-refractivity contribution in [2.24, 2.45) is 0 Å². The molecule has 0 fully saturated rings. The summed E-state index contributed by atoms with van der Waals surface area (Å²) in [6, 6.07) is 17.4. The molecule has 1 aromatic heterocycles. The van der Waals surface area contributed by atoms with Crippen LogP contribution in [0, 0.1) is 0 Å². The normalized spacial score (nSPS) is 10.7. The number of hydrogen-bond donors (Lipinski definition) is 0. The summed E-state index contributed by atoms with van der Waals surface area (Å²) in [5.74, 6) is -0.489. The lowest BCUT2D eigenvalue weighted by Gasteiger charge is -2.05. The minimum Gasteiger partial charge on any atom is -0.457 e. The van der Waals surface area contributed by atoms with Crippen LogP contribution in [0.1, 0.15) is 9.67 Å². The lowest BCUT2D eigenvalue weighted by molar-refractivity contribution is -0.139. The van der Waals surface area contributed by atoms with Gasteiger partial charge in [0.25, 0.3) is 0 Å². The van der Waals surface area contributed by atoms with Crippen LogP contribution < -0.4 is 0 Å². The maximum atomic E-state index is 11.9. The van der Waals surface area contributed by atoms with Crippen molar-refractivity contribution in [1.29, 1.82) is 0 Å². The van der Waals surface area contributed by atoms with Crippen molar-refractivity contribution in [3.8, 4) is 0 Å². The SMILES string of the molecule is O=C(CSc1ccc2ccccc2c1)OCC(=O)c1ccc(Cl)s1. The van der Waals surface area contributed by atoms with Gasteiger partial charge in [-0.15, -0.1) is 23.1 Å². The molecule has 3 aromatic rings. The van der Waals surface area contributed by atoms with Gasteiger partial charge in [-0.25, -0.2) is 0 Å². The highest BCUT2D eigenvalue weighted by Gasteiger charge is 2.12. The average molecular weight is 377 g/mol. The second-order valence-corrected chi connectivity index (χ2v) is 7.75. The first kappa shape index (κ1) is 17.0. The molecule has 0 bridgehead atoms. The minimum absolute atomic E-state index is 0.164. The molecule has 0 unspecified atom stereocenters. The number of carbonyl (C=O) groups excluding carboxylic acids is 2. The first-order chi connectivity index (χ1) is 11.6. The number of Topliss-reactive ketones (excluding diaryl/α,β-unsaturated/α-hetero) is 1. The van der Waals surface area contributed by atoms with Crippen molar-refractivity contribution < 1.29 is 14.3 Å². The van der Waals surface area contributed by atoms with Crippen LogP contribution in [0.3, 0.4) is 0 Å². The van der Waals surface area contributed by atoms with Gasteiger partial charge in [0.2, 0.25) is 5.78 Å². The van der Waals surface area contributed by atoms with Gasteiger partial charge < -0.3 is 4.74 Å². The number of rotatable bonds is 6. The Bertz CT molecular complexity index is 889. The van der Waals surface area contributed by atoms with Gasteiger partial charge in [-0.3, -0.25) is 9.59 Å². The molecule has 1 heterocycles. The Labute approximate surface area is 152 Å². The van der Waals surface area contributed by atoms with Crippen molar-refractivity contribution in [2.45, 2.75) is 4.90 Å². The van der Waals surface area contributed by atoms with E-state index in [4.69, 9.17) is 16.3 Å². The van der Waals surface area contributed by atoms with E-state index in [2.05, 4.69) is 0 Å². The number of ketones is 1. The number of thiophene rings is 1. The fraction of sp³-hybridized carbons (Fsp3) is 0.111. The van der Waals surface area contributed by atoms with Crippen molar-refractivity contribution in [3.63, 3.8) is 0 Å². The molecule has 122 valence electrons. The number of esters is 1. The smallest absolute Gasteiger partial charge is 0.316 e. The summed E-state index contributed by atoms with van der Waals surface area (Å²) >= 11 is 8.35. The van der Waals surface area contributed by atoms with Gasteiger partial charge in [-0.2, -0.15) is 0 Å². The second kappa shape index (κ2) is 7.83. The Balaban J connectivity index is 1.50. The van der Waals surface area contributed by atoms with Gasteiger partial charge in [-0.05, 0) is 35.0 Å². The van der Waals surface area contributed by atoms with E-state index >= 15 is 0 Å². The molecular weight excluding hydrogens is 364 g/mol. The quantitative estimate of drug-likeness (QED) is 0.342. The van der Waals surface area contributed by atoms with E-state index in [-0.39, 0.29) is 18.1 Å². The molecule has 3 rings (SSSR count). The topological polar surface area (TPSA) is 43.4 Å². The highest BCUT2D eigenvalue weighted by molar-refractivity contribution is 8.00. The average Bonchev–Trinajstić information content (AvgIpc) is 3.04. The number of ether oxygens (including phenoxy) is 1. The predicted octanol–water partition coefficient (Wildman–Crippen LogP) is 5.07. The second-order valence-electron chi connectivity index (χ2n) is 4.99. The van der Waals surface area contributed by atoms with Crippen molar-refractivity contribution >= 4 is 57.2 Å². The fourth-order valence-electron chi connectivity index (χ4n) is 2.12. The molecule has 0 amide bonds. The number of hydrogen-bond acceptors (Lipinski definition) is 5. The Morgan fingerprint density at radius 1 is 1.04 bits per heavy atom. The van der Waals surface area contributed by atoms with E-state index in [9.17, 15) is 9.59 Å². The largest absolute Gasteiger partial charge is 0.457 e. The molecular formula is C18H13ClO3S2. The van der Waals surface area contributed by atoms with Crippen LogP contribution in [0.25, 0.3) is 10.8 Å². The summed E-state index contributed by atoms with van der Waals surface area (Å²) < 4.78 is 5.57. The standard InChI is InChI=1S/C18H13ClO3S2/c19-17-8-7-16(24-17)15(20)10-22-18(21)11-23-14-6-5-12-3-1-2-4-13(12)9-14/h1-9H,10-11H2. The van der Waals surface area contributed by atoms with Gasteiger partial charge >= 0.3 is 5.97 Å².